The average Bonchev–Trinajstić information content (AvgIpc) is 2.76. The molecule has 5 heteroatoms. The maximum Gasteiger partial charge on any atom is 0.208 e. The highest BCUT2D eigenvalue weighted by Crippen LogP contribution is 2.13. The first-order chi connectivity index (χ1) is 8.34. The van der Waals surface area contributed by atoms with Gasteiger partial charge in [0.05, 0.1) is 0 Å². The number of hydrogen-bond acceptors (Lipinski definition) is 4. The lowest BCUT2D eigenvalue weighted by Crippen LogP contribution is -2.02. The molecule has 0 saturated carbocycles. The van der Waals surface area contributed by atoms with Crippen molar-refractivity contribution in [1.29, 1.82) is 0 Å². The Bertz CT molecular complexity index is 441. The molecule has 0 atom stereocenters. The number of rotatable bonds is 6. The first kappa shape index (κ1) is 12.0. The monoisotopic (exact) mass is 248 g/mol. The molecule has 0 unspecified atom stereocenters. The number of nitrogens with zero attached hydrogens (tertiary/aromatic N) is 2. The molecule has 1 aromatic heterocycles. The summed E-state index contributed by atoms with van der Waals surface area (Å²) in [6, 6.07) is 10.2. The highest BCUT2D eigenvalue weighted by molar-refractivity contribution is 7.99. The zero-order chi connectivity index (χ0) is 11.9. The van der Waals surface area contributed by atoms with Crippen LogP contribution in [0, 0.1) is 6.92 Å². The second kappa shape index (κ2) is 6.30. The fourth-order valence-electron chi connectivity index (χ4n) is 1.41. The summed E-state index contributed by atoms with van der Waals surface area (Å²) in [5, 5.41) is 11.1. The van der Waals surface area contributed by atoms with Crippen LogP contribution in [0.15, 0.2) is 35.5 Å². The molecule has 4 nitrogen and oxygen atoms in total. The van der Waals surface area contributed by atoms with Gasteiger partial charge < -0.3 is 5.32 Å². The Balaban J connectivity index is 1.61. The van der Waals surface area contributed by atoms with E-state index in [1.165, 1.54) is 5.69 Å². The Hall–Kier alpha value is -1.49. The molecule has 1 aromatic carbocycles. The number of H-pyrrole nitrogens is 1. The van der Waals surface area contributed by atoms with Crippen LogP contribution in [0.1, 0.15) is 12.2 Å². The van der Waals surface area contributed by atoms with E-state index in [2.05, 4.69) is 32.6 Å². The summed E-state index contributed by atoms with van der Waals surface area (Å²) < 4.78 is 0. The summed E-state index contributed by atoms with van der Waals surface area (Å²) in [7, 11) is 0. The number of aryl methyl sites for hydroxylation is 1. The minimum absolute atomic E-state index is 0.835. The zero-order valence-corrected chi connectivity index (χ0v) is 10.6. The lowest BCUT2D eigenvalue weighted by atomic mass is 10.3. The predicted molar refractivity (Wildman–Crippen MR) is 71.4 cm³/mol. The number of hydrogen-bond donors (Lipinski definition) is 2. The fraction of sp³-hybridized carbons (Fsp3) is 0.333. The number of benzene rings is 1. The van der Waals surface area contributed by atoms with Crippen LogP contribution in [0.4, 0.5) is 5.69 Å². The molecular weight excluding hydrogens is 232 g/mol. The van der Waals surface area contributed by atoms with Gasteiger partial charge in [0.1, 0.15) is 5.82 Å². The molecule has 0 aliphatic carbocycles. The third-order valence-electron chi connectivity index (χ3n) is 2.23. The number of para-hydroxylation sites is 1. The first-order valence-electron chi connectivity index (χ1n) is 5.65. The summed E-state index contributed by atoms with van der Waals surface area (Å²) in [5.41, 5.74) is 1.17. The van der Waals surface area contributed by atoms with Crippen LogP contribution in [0.3, 0.4) is 0 Å². The molecular formula is C12H16N4S. The summed E-state index contributed by atoms with van der Waals surface area (Å²) in [4.78, 5) is 4.24. The van der Waals surface area contributed by atoms with Crippen molar-refractivity contribution in [3.05, 3.63) is 36.2 Å². The Morgan fingerprint density at radius 1 is 1.29 bits per heavy atom. The third kappa shape index (κ3) is 4.11. The summed E-state index contributed by atoms with van der Waals surface area (Å²) >= 11 is 1.68. The quantitative estimate of drug-likeness (QED) is 0.609. The summed E-state index contributed by atoms with van der Waals surface area (Å²) in [6.45, 7) is 2.88. The number of thioether (sulfide) groups is 1. The van der Waals surface area contributed by atoms with Crippen molar-refractivity contribution in [2.24, 2.45) is 0 Å². The molecule has 17 heavy (non-hydrogen) atoms. The predicted octanol–water partition coefficient (Wildman–Crippen LogP) is 2.71. The normalized spacial score (nSPS) is 10.4. The minimum atomic E-state index is 0.835. The van der Waals surface area contributed by atoms with Crippen LogP contribution >= 0.6 is 11.8 Å². The molecule has 2 rings (SSSR count). The molecule has 0 aliphatic heterocycles. The Morgan fingerprint density at radius 3 is 2.82 bits per heavy atom. The lowest BCUT2D eigenvalue weighted by molar-refractivity contribution is 0.953. The van der Waals surface area contributed by atoms with E-state index in [1.807, 2.05) is 25.1 Å². The molecule has 0 radical (unpaired) electrons. The van der Waals surface area contributed by atoms with Crippen molar-refractivity contribution in [3.8, 4) is 0 Å². The van der Waals surface area contributed by atoms with Gasteiger partial charge in [0, 0.05) is 18.0 Å². The molecule has 90 valence electrons. The SMILES string of the molecule is Cc1nc(SCCCNc2ccccc2)n[nH]1. The largest absolute Gasteiger partial charge is 0.385 e. The van der Waals surface area contributed by atoms with Gasteiger partial charge in [-0.2, -0.15) is 0 Å². The molecule has 0 spiro atoms. The van der Waals surface area contributed by atoms with Crippen molar-refractivity contribution in [1.82, 2.24) is 15.2 Å². The van der Waals surface area contributed by atoms with E-state index >= 15 is 0 Å². The second-order valence-corrected chi connectivity index (χ2v) is 4.76. The van der Waals surface area contributed by atoms with E-state index in [1.54, 1.807) is 11.8 Å². The van der Waals surface area contributed by atoms with Gasteiger partial charge in [0.2, 0.25) is 5.16 Å². The second-order valence-electron chi connectivity index (χ2n) is 3.70. The van der Waals surface area contributed by atoms with E-state index < -0.39 is 0 Å². The van der Waals surface area contributed by atoms with E-state index in [0.717, 1.165) is 29.7 Å². The molecule has 0 amide bonds. The van der Waals surface area contributed by atoms with Gasteiger partial charge in [-0.05, 0) is 25.5 Å². The van der Waals surface area contributed by atoms with Gasteiger partial charge in [0.25, 0.3) is 0 Å². The maximum absolute atomic E-state index is 4.24. The average molecular weight is 248 g/mol. The molecule has 0 fully saturated rings. The van der Waals surface area contributed by atoms with Crippen molar-refractivity contribution >= 4 is 17.4 Å². The van der Waals surface area contributed by atoms with Gasteiger partial charge >= 0.3 is 0 Å². The van der Waals surface area contributed by atoms with Crippen LogP contribution in [0.5, 0.6) is 0 Å². The van der Waals surface area contributed by atoms with Crippen molar-refractivity contribution in [2.75, 3.05) is 17.6 Å². The lowest BCUT2D eigenvalue weighted by Gasteiger charge is -2.04. The van der Waals surface area contributed by atoms with Gasteiger partial charge in [0.15, 0.2) is 0 Å². The highest BCUT2D eigenvalue weighted by atomic mass is 32.2. The zero-order valence-electron chi connectivity index (χ0n) is 9.81. The summed E-state index contributed by atoms with van der Waals surface area (Å²) in [6.07, 6.45) is 1.09. The van der Waals surface area contributed by atoms with Gasteiger partial charge in [-0.3, -0.25) is 5.10 Å². The maximum atomic E-state index is 4.24. The molecule has 1 heterocycles. The van der Waals surface area contributed by atoms with Crippen LogP contribution in [0.25, 0.3) is 0 Å². The fourth-order valence-corrected chi connectivity index (χ4v) is 2.19. The van der Waals surface area contributed by atoms with E-state index in [9.17, 15) is 0 Å². The van der Waals surface area contributed by atoms with Crippen LogP contribution < -0.4 is 5.32 Å². The topological polar surface area (TPSA) is 53.6 Å². The number of aromatic amines is 1. The van der Waals surface area contributed by atoms with Gasteiger partial charge in [-0.1, -0.05) is 30.0 Å². The van der Waals surface area contributed by atoms with Gasteiger partial charge in [-0.15, -0.1) is 5.10 Å². The van der Waals surface area contributed by atoms with Gasteiger partial charge in [-0.25, -0.2) is 4.98 Å². The van der Waals surface area contributed by atoms with Crippen LogP contribution in [-0.2, 0) is 0 Å². The summed E-state index contributed by atoms with van der Waals surface area (Å²) in [5.74, 6) is 1.90. The minimum Gasteiger partial charge on any atom is -0.385 e. The molecule has 0 saturated heterocycles. The van der Waals surface area contributed by atoms with Crippen LogP contribution in [0.2, 0.25) is 0 Å². The Labute approximate surface area is 105 Å². The molecule has 0 bridgehead atoms. The smallest absolute Gasteiger partial charge is 0.208 e. The third-order valence-corrected chi connectivity index (χ3v) is 3.17. The number of anilines is 1. The Morgan fingerprint density at radius 2 is 2.12 bits per heavy atom. The van der Waals surface area contributed by atoms with Crippen molar-refractivity contribution in [2.45, 2.75) is 18.5 Å². The van der Waals surface area contributed by atoms with E-state index in [-0.39, 0.29) is 0 Å². The number of nitrogens with one attached hydrogen (secondary N) is 2. The highest BCUT2D eigenvalue weighted by Gasteiger charge is 1.99. The van der Waals surface area contributed by atoms with Crippen molar-refractivity contribution < 1.29 is 0 Å². The van der Waals surface area contributed by atoms with Crippen LogP contribution in [-0.4, -0.2) is 27.5 Å². The Kier molecular flexibility index (Phi) is 4.44. The van der Waals surface area contributed by atoms with E-state index in [4.69, 9.17) is 0 Å². The number of aromatic nitrogens is 3. The van der Waals surface area contributed by atoms with Crippen molar-refractivity contribution in [3.63, 3.8) is 0 Å². The van der Waals surface area contributed by atoms with E-state index in [0.29, 0.717) is 0 Å². The molecule has 2 aromatic rings. The molecule has 0 aliphatic rings. The standard InChI is InChI=1S/C12H16N4S/c1-10-14-12(16-15-10)17-9-5-8-13-11-6-3-2-4-7-11/h2-4,6-7,13H,5,8-9H2,1H3,(H,14,15,16). The molecule has 2 N–H and O–H groups in total. The first-order valence-corrected chi connectivity index (χ1v) is 6.64.